The fraction of sp³-hybridized carbons (Fsp3) is 0.865. The first-order valence-electron chi connectivity index (χ1n) is 26.0. The van der Waals surface area contributed by atoms with E-state index in [0.717, 1.165) is 57.8 Å². The van der Waals surface area contributed by atoms with Crippen LogP contribution in [0.2, 0.25) is 0 Å². The number of hydrogen-bond acceptors (Lipinski definition) is 7. The molecule has 0 fully saturated rings. The van der Waals surface area contributed by atoms with Crippen molar-refractivity contribution in [3.05, 3.63) is 36.5 Å². The van der Waals surface area contributed by atoms with Gasteiger partial charge in [-0.25, -0.2) is 4.57 Å². The van der Waals surface area contributed by atoms with E-state index in [1.165, 1.54) is 173 Å². The predicted molar refractivity (Wildman–Crippen MR) is 261 cm³/mol. The molecule has 0 amide bonds. The van der Waals surface area contributed by atoms with E-state index in [0.29, 0.717) is 13.0 Å². The second kappa shape index (κ2) is 49.7. The van der Waals surface area contributed by atoms with Gasteiger partial charge in [-0.2, -0.15) is 0 Å². The Morgan fingerprint density at radius 1 is 0.492 bits per heavy atom. The molecule has 0 heterocycles. The lowest BCUT2D eigenvalue weighted by molar-refractivity contribution is -0.154. The minimum Gasteiger partial charge on any atom is -0.457 e. The summed E-state index contributed by atoms with van der Waals surface area (Å²) in [7, 11) is -4.28. The first-order valence-corrected chi connectivity index (χ1v) is 27.5. The lowest BCUT2D eigenvalue weighted by atomic mass is 10.0. The van der Waals surface area contributed by atoms with Gasteiger partial charge in [0, 0.05) is 19.6 Å². The monoisotopic (exact) mass is 882 g/mol. The van der Waals surface area contributed by atoms with Crippen molar-refractivity contribution in [2.75, 3.05) is 33.0 Å². The van der Waals surface area contributed by atoms with E-state index in [1.54, 1.807) is 0 Å². The van der Waals surface area contributed by atoms with Gasteiger partial charge in [0.1, 0.15) is 6.10 Å². The highest BCUT2D eigenvalue weighted by molar-refractivity contribution is 7.47. The van der Waals surface area contributed by atoms with Crippen molar-refractivity contribution in [3.8, 4) is 0 Å². The Labute approximate surface area is 378 Å². The van der Waals surface area contributed by atoms with Crippen molar-refractivity contribution in [3.63, 3.8) is 0 Å². The Morgan fingerprint density at radius 3 is 1.33 bits per heavy atom. The molecular formula is C52H100NO7P. The van der Waals surface area contributed by atoms with Crippen molar-refractivity contribution in [1.82, 2.24) is 0 Å². The van der Waals surface area contributed by atoms with E-state index < -0.39 is 13.9 Å². The number of allylic oxidation sites excluding steroid dienone is 6. The zero-order valence-electron chi connectivity index (χ0n) is 40.2. The summed E-state index contributed by atoms with van der Waals surface area (Å²) >= 11 is 0. The molecule has 9 heteroatoms. The molecule has 0 aromatic rings. The molecule has 2 unspecified atom stereocenters. The lowest BCUT2D eigenvalue weighted by Crippen LogP contribution is -2.28. The molecule has 0 aliphatic heterocycles. The van der Waals surface area contributed by atoms with Gasteiger partial charge in [-0.15, -0.1) is 0 Å². The summed E-state index contributed by atoms with van der Waals surface area (Å²) in [4.78, 5) is 22.6. The molecule has 0 aromatic carbocycles. The molecule has 0 spiro atoms. The number of rotatable bonds is 50. The van der Waals surface area contributed by atoms with Crippen LogP contribution in [-0.2, 0) is 27.9 Å². The van der Waals surface area contributed by atoms with Crippen LogP contribution in [0.4, 0.5) is 0 Å². The summed E-state index contributed by atoms with van der Waals surface area (Å²) in [6, 6.07) is 0. The molecule has 3 N–H and O–H groups in total. The average molecular weight is 882 g/mol. The quantitative estimate of drug-likeness (QED) is 0.0268. The van der Waals surface area contributed by atoms with Crippen molar-refractivity contribution >= 4 is 13.8 Å². The number of ether oxygens (including phenoxy) is 2. The van der Waals surface area contributed by atoms with E-state index >= 15 is 0 Å². The van der Waals surface area contributed by atoms with Crippen LogP contribution < -0.4 is 5.73 Å². The maximum Gasteiger partial charge on any atom is 0.472 e. The average Bonchev–Trinajstić information content (AvgIpc) is 3.25. The number of phosphoric acid groups is 1. The van der Waals surface area contributed by atoms with Crippen LogP contribution in [0.25, 0.3) is 0 Å². The molecule has 0 saturated heterocycles. The SMILES string of the molecule is CCCCC/C=C\C/C=C\C/C=C\CCCCCCCCC(=O)OC(COCCCCCCCCCCCCCCCCCCCCCCCCC)COP(=O)(O)OCCN. The Hall–Kier alpha value is -1.28. The van der Waals surface area contributed by atoms with Gasteiger partial charge < -0.3 is 20.1 Å². The normalized spacial score (nSPS) is 13.6. The topological polar surface area (TPSA) is 117 Å². The number of carbonyl (C=O) groups is 1. The van der Waals surface area contributed by atoms with Gasteiger partial charge in [-0.05, 0) is 51.4 Å². The van der Waals surface area contributed by atoms with Gasteiger partial charge >= 0.3 is 13.8 Å². The van der Waals surface area contributed by atoms with Gasteiger partial charge in [0.25, 0.3) is 0 Å². The molecule has 0 aliphatic carbocycles. The van der Waals surface area contributed by atoms with Crippen molar-refractivity contribution in [2.24, 2.45) is 5.73 Å². The summed E-state index contributed by atoms with van der Waals surface area (Å²) < 4.78 is 33.6. The van der Waals surface area contributed by atoms with Crippen LogP contribution in [-0.4, -0.2) is 49.9 Å². The number of nitrogens with two attached hydrogens (primary N) is 1. The smallest absolute Gasteiger partial charge is 0.457 e. The second-order valence-electron chi connectivity index (χ2n) is 17.4. The van der Waals surface area contributed by atoms with Crippen LogP contribution >= 0.6 is 7.82 Å². The number of esters is 1. The standard InChI is InChI=1S/C52H100NO7P/c1-3-5-7-9-11-13-15-17-19-21-23-24-25-26-28-30-32-34-36-38-40-42-44-47-57-49-51(50-59-61(55,56)58-48-46-53)60-52(54)45-43-41-39-37-35-33-31-29-27-22-20-18-16-14-12-10-8-6-4-2/h12,14,18,20,27,29,51H,3-11,13,15-17,19,21-26,28,30-50,53H2,1-2H3,(H,55,56)/b14-12-,20-18-,29-27-. The maximum absolute atomic E-state index is 12.6. The summed E-state index contributed by atoms with van der Waals surface area (Å²) in [6.45, 7) is 4.93. The van der Waals surface area contributed by atoms with Gasteiger partial charge in [-0.1, -0.05) is 230 Å². The molecule has 8 nitrogen and oxygen atoms in total. The third-order valence-electron chi connectivity index (χ3n) is 11.3. The highest BCUT2D eigenvalue weighted by atomic mass is 31.2. The van der Waals surface area contributed by atoms with Gasteiger partial charge in [0.2, 0.25) is 0 Å². The molecule has 61 heavy (non-hydrogen) atoms. The third kappa shape index (κ3) is 49.6. The molecule has 0 saturated carbocycles. The van der Waals surface area contributed by atoms with Crippen LogP contribution in [0.5, 0.6) is 0 Å². The number of unbranched alkanes of at least 4 members (excludes halogenated alkanes) is 31. The lowest BCUT2D eigenvalue weighted by Gasteiger charge is -2.20. The predicted octanol–water partition coefficient (Wildman–Crippen LogP) is 16.1. The zero-order valence-corrected chi connectivity index (χ0v) is 41.1. The van der Waals surface area contributed by atoms with Crippen LogP contribution in [0.3, 0.4) is 0 Å². The first kappa shape index (κ1) is 59.7. The minimum absolute atomic E-state index is 0.0971. The molecule has 360 valence electrons. The second-order valence-corrected chi connectivity index (χ2v) is 18.8. The van der Waals surface area contributed by atoms with Crippen LogP contribution in [0.1, 0.15) is 251 Å². The minimum atomic E-state index is -4.28. The van der Waals surface area contributed by atoms with E-state index in [2.05, 4.69) is 50.3 Å². The number of phosphoric ester groups is 1. The molecule has 0 aliphatic rings. The highest BCUT2D eigenvalue weighted by Crippen LogP contribution is 2.43. The third-order valence-corrected chi connectivity index (χ3v) is 12.3. The van der Waals surface area contributed by atoms with E-state index in [4.69, 9.17) is 24.3 Å². The molecular weight excluding hydrogens is 782 g/mol. The largest absolute Gasteiger partial charge is 0.472 e. The summed E-state index contributed by atoms with van der Waals surface area (Å²) in [5.41, 5.74) is 5.39. The molecule has 2 atom stereocenters. The Bertz CT molecular complexity index is 1040. The fourth-order valence-corrected chi connectivity index (χ4v) is 8.24. The van der Waals surface area contributed by atoms with E-state index in [-0.39, 0.29) is 32.3 Å². The Balaban J connectivity index is 3.92. The summed E-state index contributed by atoms with van der Waals surface area (Å²) in [6.07, 6.45) is 58.9. The van der Waals surface area contributed by atoms with Crippen LogP contribution in [0, 0.1) is 0 Å². The molecule has 0 rings (SSSR count). The van der Waals surface area contributed by atoms with Crippen LogP contribution in [0.15, 0.2) is 36.5 Å². The van der Waals surface area contributed by atoms with Gasteiger partial charge in [0.05, 0.1) is 19.8 Å². The zero-order chi connectivity index (χ0) is 44.4. The maximum atomic E-state index is 12.6. The Kier molecular flexibility index (Phi) is 48.7. The molecule has 0 aromatic heterocycles. The summed E-state index contributed by atoms with van der Waals surface area (Å²) in [5.74, 6) is -0.338. The Morgan fingerprint density at radius 2 is 0.869 bits per heavy atom. The molecule has 0 bridgehead atoms. The van der Waals surface area contributed by atoms with Crippen molar-refractivity contribution in [2.45, 2.75) is 258 Å². The summed E-state index contributed by atoms with van der Waals surface area (Å²) in [5, 5.41) is 0. The fourth-order valence-electron chi connectivity index (χ4n) is 7.48. The van der Waals surface area contributed by atoms with Crippen molar-refractivity contribution in [1.29, 1.82) is 0 Å². The van der Waals surface area contributed by atoms with E-state index in [9.17, 15) is 14.3 Å². The van der Waals surface area contributed by atoms with Gasteiger partial charge in [-0.3, -0.25) is 13.8 Å². The van der Waals surface area contributed by atoms with Crippen molar-refractivity contribution < 1.29 is 32.8 Å². The highest BCUT2D eigenvalue weighted by Gasteiger charge is 2.25. The molecule has 0 radical (unpaired) electrons. The van der Waals surface area contributed by atoms with E-state index in [1.807, 2.05) is 0 Å². The number of carbonyl (C=O) groups excluding carboxylic acids is 1. The van der Waals surface area contributed by atoms with Gasteiger partial charge in [0.15, 0.2) is 0 Å². The first-order chi connectivity index (χ1) is 29.9. The number of hydrogen-bond donors (Lipinski definition) is 2.